The molecule has 0 radical (unpaired) electrons. The molecule has 0 bridgehead atoms. The summed E-state index contributed by atoms with van der Waals surface area (Å²) >= 11 is 0. The van der Waals surface area contributed by atoms with Gasteiger partial charge in [-0.25, -0.2) is 4.39 Å². The van der Waals surface area contributed by atoms with Crippen molar-refractivity contribution in [2.75, 3.05) is 7.11 Å². The fraction of sp³-hybridized carbons (Fsp3) is 0.462. The number of benzene rings is 1. The predicted octanol–water partition coefficient (Wildman–Crippen LogP) is 2.18. The number of methoxy groups -OCH3 is 1. The number of hydrogen-bond acceptors (Lipinski definition) is 3. The van der Waals surface area contributed by atoms with Crippen LogP contribution in [-0.2, 0) is 11.3 Å². The molecule has 18 heavy (non-hydrogen) atoms. The Hall–Kier alpha value is -1.62. The van der Waals surface area contributed by atoms with E-state index in [0.29, 0.717) is 18.5 Å². The number of nitrogens with one attached hydrogen (secondary N) is 1. The molecule has 0 saturated carbocycles. The van der Waals surface area contributed by atoms with Gasteiger partial charge < -0.3 is 15.2 Å². The number of hydrogen-bond donors (Lipinski definition) is 2. The lowest BCUT2D eigenvalue weighted by molar-refractivity contribution is -0.139. The Morgan fingerprint density at radius 1 is 1.56 bits per heavy atom. The van der Waals surface area contributed by atoms with Crippen LogP contribution in [0.15, 0.2) is 18.2 Å². The van der Waals surface area contributed by atoms with Crippen molar-refractivity contribution in [3.05, 3.63) is 29.6 Å². The second kappa shape index (κ2) is 6.96. The molecule has 1 aromatic rings. The van der Waals surface area contributed by atoms with Gasteiger partial charge in [0.2, 0.25) is 0 Å². The normalized spacial score (nSPS) is 12.2. The lowest BCUT2D eigenvalue weighted by Crippen LogP contribution is -2.36. The van der Waals surface area contributed by atoms with Crippen molar-refractivity contribution < 1.29 is 19.0 Å². The molecule has 0 amide bonds. The molecule has 0 saturated heterocycles. The predicted molar refractivity (Wildman–Crippen MR) is 66.1 cm³/mol. The SMILES string of the molecule is CCCC(NCc1ccc(OC)c(F)c1)C(=O)O. The lowest BCUT2D eigenvalue weighted by atomic mass is 10.1. The quantitative estimate of drug-likeness (QED) is 0.784. The van der Waals surface area contributed by atoms with Gasteiger partial charge in [-0.05, 0) is 24.1 Å². The summed E-state index contributed by atoms with van der Waals surface area (Å²) in [6.45, 7) is 2.24. The van der Waals surface area contributed by atoms with Crippen LogP contribution in [0.2, 0.25) is 0 Å². The fourth-order valence-corrected chi connectivity index (χ4v) is 1.66. The molecule has 0 heterocycles. The molecule has 1 unspecified atom stereocenters. The Balaban J connectivity index is 2.62. The van der Waals surface area contributed by atoms with Crippen LogP contribution in [0.4, 0.5) is 4.39 Å². The Kier molecular flexibility index (Phi) is 5.58. The van der Waals surface area contributed by atoms with Crippen molar-refractivity contribution in [1.29, 1.82) is 0 Å². The summed E-state index contributed by atoms with van der Waals surface area (Å²) in [5.41, 5.74) is 0.690. The number of carboxylic acids is 1. The van der Waals surface area contributed by atoms with Crippen molar-refractivity contribution in [2.45, 2.75) is 32.4 Å². The molecule has 100 valence electrons. The molecule has 2 N–H and O–H groups in total. The maximum absolute atomic E-state index is 13.4. The topological polar surface area (TPSA) is 58.6 Å². The first-order chi connectivity index (χ1) is 8.58. The third-order valence-electron chi connectivity index (χ3n) is 2.64. The maximum Gasteiger partial charge on any atom is 0.320 e. The maximum atomic E-state index is 13.4. The average molecular weight is 255 g/mol. The zero-order valence-electron chi connectivity index (χ0n) is 10.6. The Labute approximate surface area is 106 Å². The first-order valence-corrected chi connectivity index (χ1v) is 5.87. The highest BCUT2D eigenvalue weighted by Crippen LogP contribution is 2.17. The second-order valence-corrected chi connectivity index (χ2v) is 4.03. The minimum atomic E-state index is -0.883. The van der Waals surface area contributed by atoms with Crippen molar-refractivity contribution in [3.8, 4) is 5.75 Å². The molecule has 4 nitrogen and oxygen atoms in total. The largest absolute Gasteiger partial charge is 0.494 e. The summed E-state index contributed by atoms with van der Waals surface area (Å²) in [5, 5.41) is 11.9. The van der Waals surface area contributed by atoms with Crippen LogP contribution in [0.25, 0.3) is 0 Å². The van der Waals surface area contributed by atoms with Crippen molar-refractivity contribution >= 4 is 5.97 Å². The third-order valence-corrected chi connectivity index (χ3v) is 2.64. The zero-order valence-corrected chi connectivity index (χ0v) is 10.6. The first kappa shape index (κ1) is 14.4. The number of carboxylic acid groups (broad SMARTS) is 1. The van der Waals surface area contributed by atoms with E-state index in [1.807, 2.05) is 6.92 Å². The van der Waals surface area contributed by atoms with E-state index >= 15 is 0 Å². The highest BCUT2D eigenvalue weighted by molar-refractivity contribution is 5.73. The van der Waals surface area contributed by atoms with Crippen LogP contribution < -0.4 is 10.1 Å². The first-order valence-electron chi connectivity index (χ1n) is 5.87. The van der Waals surface area contributed by atoms with Crippen LogP contribution in [-0.4, -0.2) is 24.2 Å². The summed E-state index contributed by atoms with van der Waals surface area (Å²) in [4.78, 5) is 10.9. The lowest BCUT2D eigenvalue weighted by Gasteiger charge is -2.13. The number of carbonyl (C=O) groups is 1. The van der Waals surface area contributed by atoms with Crippen LogP contribution in [0.3, 0.4) is 0 Å². The molecule has 0 aliphatic heterocycles. The van der Waals surface area contributed by atoms with Crippen LogP contribution >= 0.6 is 0 Å². The molecule has 0 aliphatic rings. The van der Waals surface area contributed by atoms with Crippen LogP contribution in [0.5, 0.6) is 5.75 Å². The summed E-state index contributed by atoms with van der Waals surface area (Å²) < 4.78 is 18.2. The number of ether oxygens (including phenoxy) is 1. The smallest absolute Gasteiger partial charge is 0.320 e. The van der Waals surface area contributed by atoms with Gasteiger partial charge in [0, 0.05) is 6.54 Å². The van der Waals surface area contributed by atoms with Gasteiger partial charge in [0.15, 0.2) is 11.6 Å². The van der Waals surface area contributed by atoms with E-state index in [0.717, 1.165) is 6.42 Å². The minimum absolute atomic E-state index is 0.182. The number of aliphatic carboxylic acids is 1. The van der Waals surface area contributed by atoms with Gasteiger partial charge in [-0.3, -0.25) is 4.79 Å². The average Bonchev–Trinajstić information content (AvgIpc) is 2.34. The van der Waals surface area contributed by atoms with Crippen molar-refractivity contribution in [1.82, 2.24) is 5.32 Å². The Bertz CT molecular complexity index is 409. The van der Waals surface area contributed by atoms with Gasteiger partial charge in [0.1, 0.15) is 6.04 Å². The summed E-state index contributed by atoms with van der Waals surface area (Å²) in [7, 11) is 1.40. The summed E-state index contributed by atoms with van der Waals surface area (Å²) in [6.07, 6.45) is 1.33. The van der Waals surface area contributed by atoms with Gasteiger partial charge in [-0.1, -0.05) is 19.4 Å². The van der Waals surface area contributed by atoms with E-state index in [1.54, 1.807) is 6.07 Å². The monoisotopic (exact) mass is 255 g/mol. The van der Waals surface area contributed by atoms with Crippen LogP contribution in [0.1, 0.15) is 25.3 Å². The standard InChI is InChI=1S/C13H18FNO3/c1-3-4-11(13(16)17)15-8-9-5-6-12(18-2)10(14)7-9/h5-7,11,15H,3-4,8H2,1-2H3,(H,16,17). The highest BCUT2D eigenvalue weighted by Gasteiger charge is 2.15. The molecular formula is C13H18FNO3. The molecule has 0 aliphatic carbocycles. The molecule has 5 heteroatoms. The molecule has 0 aromatic heterocycles. The van der Waals surface area contributed by atoms with Gasteiger partial charge in [-0.2, -0.15) is 0 Å². The van der Waals surface area contributed by atoms with E-state index in [2.05, 4.69) is 5.32 Å². The van der Waals surface area contributed by atoms with E-state index in [-0.39, 0.29) is 5.75 Å². The minimum Gasteiger partial charge on any atom is -0.494 e. The fourth-order valence-electron chi connectivity index (χ4n) is 1.66. The number of halogens is 1. The van der Waals surface area contributed by atoms with Gasteiger partial charge >= 0.3 is 5.97 Å². The summed E-state index contributed by atoms with van der Waals surface area (Å²) in [5.74, 6) is -1.15. The molecule has 0 spiro atoms. The highest BCUT2D eigenvalue weighted by atomic mass is 19.1. The molecule has 1 aromatic carbocycles. The third kappa shape index (κ3) is 4.00. The van der Waals surface area contributed by atoms with Gasteiger partial charge in [0.25, 0.3) is 0 Å². The van der Waals surface area contributed by atoms with Crippen molar-refractivity contribution in [3.63, 3.8) is 0 Å². The van der Waals surface area contributed by atoms with Crippen LogP contribution in [0, 0.1) is 5.82 Å². The van der Waals surface area contributed by atoms with E-state index in [4.69, 9.17) is 9.84 Å². The zero-order chi connectivity index (χ0) is 13.5. The molecular weight excluding hydrogens is 237 g/mol. The van der Waals surface area contributed by atoms with E-state index < -0.39 is 17.8 Å². The van der Waals surface area contributed by atoms with E-state index in [1.165, 1.54) is 19.2 Å². The number of rotatable bonds is 7. The summed E-state index contributed by atoms with van der Waals surface area (Å²) in [6, 6.07) is 3.98. The Morgan fingerprint density at radius 3 is 2.78 bits per heavy atom. The molecule has 0 fully saturated rings. The van der Waals surface area contributed by atoms with Crippen molar-refractivity contribution in [2.24, 2.45) is 0 Å². The van der Waals surface area contributed by atoms with Gasteiger partial charge in [-0.15, -0.1) is 0 Å². The molecule has 1 rings (SSSR count). The Morgan fingerprint density at radius 2 is 2.28 bits per heavy atom. The molecule has 1 atom stereocenters. The van der Waals surface area contributed by atoms with Gasteiger partial charge in [0.05, 0.1) is 7.11 Å². The van der Waals surface area contributed by atoms with E-state index in [9.17, 15) is 9.18 Å². The second-order valence-electron chi connectivity index (χ2n) is 4.03.